The summed E-state index contributed by atoms with van der Waals surface area (Å²) in [5.41, 5.74) is 3.34. The summed E-state index contributed by atoms with van der Waals surface area (Å²) in [5, 5.41) is 2.15. The van der Waals surface area contributed by atoms with Crippen LogP contribution in [0.25, 0.3) is 21.2 Å². The Labute approximate surface area is 245 Å². The minimum absolute atomic E-state index is 0.0528. The fourth-order valence-electron chi connectivity index (χ4n) is 5.33. The number of ether oxygens (including phenoxy) is 1. The summed E-state index contributed by atoms with van der Waals surface area (Å²) in [4.78, 5) is 20.1. The normalized spacial score (nSPS) is 23.8. The Morgan fingerprint density at radius 2 is 1.90 bits per heavy atom. The third kappa shape index (κ3) is 6.21. The predicted octanol–water partition coefficient (Wildman–Crippen LogP) is 3.66. The molecule has 0 saturated carbocycles. The molecule has 2 atom stereocenters. The molecule has 0 radical (unpaired) electrons. The van der Waals surface area contributed by atoms with Crippen molar-refractivity contribution >= 4 is 48.1 Å². The van der Waals surface area contributed by atoms with Crippen LogP contribution in [-0.2, 0) is 39.2 Å². The first-order chi connectivity index (χ1) is 19.5. The van der Waals surface area contributed by atoms with Crippen LogP contribution in [-0.4, -0.2) is 77.2 Å². The SMILES string of the molecule is CN(C)S(=O)(=O)N1CCC(CC(=O)NOC2CCCCO2)(c2ccc(-c3ccc4ccccc4c3)s2)S(=O)(=O)CC1. The lowest BCUT2D eigenvalue weighted by molar-refractivity contribution is -0.200. The summed E-state index contributed by atoms with van der Waals surface area (Å²) in [5.74, 6) is -1.02. The first-order valence-corrected chi connectivity index (χ1v) is 17.4. The van der Waals surface area contributed by atoms with Crippen LogP contribution < -0.4 is 5.48 Å². The van der Waals surface area contributed by atoms with Crippen LogP contribution in [0, 0.1) is 0 Å². The molecule has 2 aliphatic rings. The van der Waals surface area contributed by atoms with Gasteiger partial charge in [0.05, 0.1) is 12.2 Å². The van der Waals surface area contributed by atoms with Gasteiger partial charge in [0, 0.05) is 50.0 Å². The molecule has 41 heavy (non-hydrogen) atoms. The summed E-state index contributed by atoms with van der Waals surface area (Å²) in [6.45, 7) is 0.284. The van der Waals surface area contributed by atoms with Crippen molar-refractivity contribution in [3.05, 3.63) is 59.5 Å². The number of carbonyl (C=O) groups is 1. The van der Waals surface area contributed by atoms with Crippen LogP contribution in [0.3, 0.4) is 0 Å². The molecule has 13 heteroatoms. The number of nitrogens with one attached hydrogen (secondary N) is 1. The number of nitrogens with zero attached hydrogens (tertiary/aromatic N) is 2. The highest BCUT2D eigenvalue weighted by atomic mass is 32.2. The largest absolute Gasteiger partial charge is 0.350 e. The molecule has 5 rings (SSSR count). The number of thiophene rings is 1. The average molecular weight is 622 g/mol. The summed E-state index contributed by atoms with van der Waals surface area (Å²) < 4.78 is 60.1. The summed E-state index contributed by atoms with van der Waals surface area (Å²) >= 11 is 1.31. The van der Waals surface area contributed by atoms with E-state index >= 15 is 0 Å². The summed E-state index contributed by atoms with van der Waals surface area (Å²) in [6.07, 6.45) is 1.38. The van der Waals surface area contributed by atoms with Crippen LogP contribution in [0.4, 0.5) is 0 Å². The lowest BCUT2D eigenvalue weighted by Gasteiger charge is -2.31. The topological polar surface area (TPSA) is 122 Å². The van der Waals surface area contributed by atoms with Gasteiger partial charge in [-0.15, -0.1) is 11.3 Å². The van der Waals surface area contributed by atoms with Crippen molar-refractivity contribution in [2.45, 2.75) is 43.1 Å². The van der Waals surface area contributed by atoms with E-state index in [-0.39, 0.29) is 19.5 Å². The molecule has 0 bridgehead atoms. The Hall–Kier alpha value is -2.39. The second-order valence-electron chi connectivity index (χ2n) is 10.6. The fourth-order valence-corrected chi connectivity index (χ4v) is 10.1. The first-order valence-electron chi connectivity index (χ1n) is 13.6. The summed E-state index contributed by atoms with van der Waals surface area (Å²) in [7, 11) is -5.03. The van der Waals surface area contributed by atoms with Gasteiger partial charge in [-0.3, -0.25) is 4.79 Å². The number of hydrogen-bond acceptors (Lipinski definition) is 8. The number of hydroxylamine groups is 1. The maximum Gasteiger partial charge on any atom is 0.281 e. The van der Waals surface area contributed by atoms with E-state index in [1.807, 2.05) is 42.5 Å². The van der Waals surface area contributed by atoms with Crippen LogP contribution in [0.2, 0.25) is 0 Å². The van der Waals surface area contributed by atoms with Crippen molar-refractivity contribution in [2.24, 2.45) is 0 Å². The number of hydrogen-bond donors (Lipinski definition) is 1. The number of carbonyl (C=O) groups excluding carboxylic acids is 1. The molecule has 3 aromatic rings. The Balaban J connectivity index is 1.49. The van der Waals surface area contributed by atoms with Gasteiger partial charge in [0.15, 0.2) is 16.1 Å². The zero-order valence-electron chi connectivity index (χ0n) is 23.1. The molecule has 2 aliphatic heterocycles. The summed E-state index contributed by atoms with van der Waals surface area (Å²) in [6, 6.07) is 17.7. The molecule has 3 heterocycles. The van der Waals surface area contributed by atoms with Gasteiger partial charge in [0.1, 0.15) is 4.75 Å². The van der Waals surface area contributed by atoms with Gasteiger partial charge in [0.2, 0.25) is 5.91 Å². The highest BCUT2D eigenvalue weighted by Gasteiger charge is 2.50. The van der Waals surface area contributed by atoms with E-state index in [9.17, 15) is 21.6 Å². The van der Waals surface area contributed by atoms with E-state index in [2.05, 4.69) is 11.5 Å². The maximum atomic E-state index is 14.1. The first kappa shape index (κ1) is 30.1. The lowest BCUT2D eigenvalue weighted by Crippen LogP contribution is -2.43. The van der Waals surface area contributed by atoms with Crippen molar-refractivity contribution in [1.82, 2.24) is 14.1 Å². The second-order valence-corrected chi connectivity index (χ2v) is 16.2. The zero-order chi connectivity index (χ0) is 29.3. The van der Waals surface area contributed by atoms with Gasteiger partial charge < -0.3 is 4.74 Å². The Bertz CT molecular complexity index is 1620. The zero-order valence-corrected chi connectivity index (χ0v) is 25.6. The van der Waals surface area contributed by atoms with Gasteiger partial charge in [-0.1, -0.05) is 36.4 Å². The molecule has 10 nitrogen and oxygen atoms in total. The van der Waals surface area contributed by atoms with Crippen LogP contribution in [0.5, 0.6) is 0 Å². The molecule has 2 aromatic carbocycles. The van der Waals surface area contributed by atoms with E-state index in [1.54, 1.807) is 6.07 Å². The number of rotatable bonds is 8. The number of amides is 1. The van der Waals surface area contributed by atoms with E-state index < -0.39 is 49.2 Å². The number of sulfone groups is 1. The quantitative estimate of drug-likeness (QED) is 0.381. The average Bonchev–Trinajstić information content (AvgIpc) is 3.41. The highest BCUT2D eigenvalue weighted by molar-refractivity contribution is 7.92. The molecule has 1 amide bonds. The third-order valence-electron chi connectivity index (χ3n) is 7.73. The third-order valence-corrected chi connectivity index (χ3v) is 13.6. The Morgan fingerprint density at radius 3 is 2.63 bits per heavy atom. The predicted molar refractivity (Wildman–Crippen MR) is 159 cm³/mol. The minimum atomic E-state index is -4.00. The molecular formula is C28H35N3O7S3. The van der Waals surface area contributed by atoms with Gasteiger partial charge in [-0.25, -0.2) is 18.7 Å². The van der Waals surface area contributed by atoms with Crippen molar-refractivity contribution < 1.29 is 31.2 Å². The second kappa shape index (κ2) is 12.1. The van der Waals surface area contributed by atoms with E-state index in [0.717, 1.165) is 38.4 Å². The fraction of sp³-hybridized carbons (Fsp3) is 0.464. The van der Waals surface area contributed by atoms with E-state index in [1.165, 1.54) is 29.7 Å². The molecule has 1 aromatic heterocycles. The molecule has 0 spiro atoms. The smallest absolute Gasteiger partial charge is 0.281 e. The number of benzene rings is 2. The maximum absolute atomic E-state index is 14.1. The standard InChI is InChI=1S/C28H35N3O7S3/c1-30(2)41(35,36)31-15-14-28(40(33,34)18-16-31,20-26(32)29-38-27-9-5-6-17-37-27)25-13-12-24(39-25)23-11-10-21-7-3-4-8-22(21)19-23/h3-4,7-8,10-13,19,27H,5-6,9,14-18,20H2,1-2H3,(H,29,32). The highest BCUT2D eigenvalue weighted by Crippen LogP contribution is 2.45. The van der Waals surface area contributed by atoms with Crippen LogP contribution in [0.1, 0.15) is 37.0 Å². The van der Waals surface area contributed by atoms with Crippen LogP contribution in [0.15, 0.2) is 54.6 Å². The van der Waals surface area contributed by atoms with Crippen molar-refractivity contribution in [3.63, 3.8) is 0 Å². The Kier molecular flexibility index (Phi) is 8.86. The van der Waals surface area contributed by atoms with E-state index in [0.29, 0.717) is 17.9 Å². The molecule has 2 fully saturated rings. The van der Waals surface area contributed by atoms with Gasteiger partial charge >= 0.3 is 0 Å². The van der Waals surface area contributed by atoms with Gasteiger partial charge in [-0.05, 0) is 53.8 Å². The van der Waals surface area contributed by atoms with E-state index in [4.69, 9.17) is 9.57 Å². The van der Waals surface area contributed by atoms with Gasteiger partial charge in [-0.2, -0.15) is 17.0 Å². The molecule has 1 N–H and O–H groups in total. The molecule has 2 saturated heterocycles. The molecule has 2 unspecified atom stereocenters. The minimum Gasteiger partial charge on any atom is -0.350 e. The monoisotopic (exact) mass is 621 g/mol. The van der Waals surface area contributed by atoms with Crippen molar-refractivity contribution in [2.75, 3.05) is 39.5 Å². The van der Waals surface area contributed by atoms with Crippen molar-refractivity contribution in [1.29, 1.82) is 0 Å². The van der Waals surface area contributed by atoms with Gasteiger partial charge in [0.25, 0.3) is 10.2 Å². The lowest BCUT2D eigenvalue weighted by atomic mass is 9.97. The molecule has 0 aliphatic carbocycles. The molecular weight excluding hydrogens is 587 g/mol. The Morgan fingerprint density at radius 1 is 1.12 bits per heavy atom. The van der Waals surface area contributed by atoms with Crippen molar-refractivity contribution in [3.8, 4) is 10.4 Å². The van der Waals surface area contributed by atoms with Crippen LogP contribution >= 0.6 is 11.3 Å². The molecule has 222 valence electrons. The number of fused-ring (bicyclic) bond motifs is 1.